The standard InChI is InChI=1S/C33H33ClFN5O6/c1-39-15-21(32(43)40(2)33(39)44)30(42)37-24-9-5-6-18(28(24)34)19-7-4-8-20(29(19)35)25-14-17-10-11-23(27(17)31(38-25)45-3)36-22-12-13-46-16-26(22)41/h4-9,14-15,22-23,26,36,41H,10-13,16H2,1-3H3,(H,37,42)/t22-,23-,26+/m1/s1. The lowest BCUT2D eigenvalue weighted by Gasteiger charge is -2.31. The molecule has 0 bridgehead atoms. The molecule has 0 saturated carbocycles. The van der Waals surface area contributed by atoms with E-state index in [1.165, 1.54) is 27.3 Å². The Balaban J connectivity index is 1.31. The Hall–Kier alpha value is -4.36. The molecule has 46 heavy (non-hydrogen) atoms. The first kappa shape index (κ1) is 31.6. The minimum Gasteiger partial charge on any atom is -0.481 e. The van der Waals surface area contributed by atoms with Crippen LogP contribution in [0.3, 0.4) is 0 Å². The molecular weight excluding hydrogens is 617 g/mol. The summed E-state index contributed by atoms with van der Waals surface area (Å²) >= 11 is 6.72. The number of ether oxygens (including phenoxy) is 2. The van der Waals surface area contributed by atoms with Gasteiger partial charge >= 0.3 is 5.69 Å². The van der Waals surface area contributed by atoms with Gasteiger partial charge in [-0.15, -0.1) is 0 Å². The lowest BCUT2D eigenvalue weighted by Crippen LogP contribution is -2.47. The SMILES string of the molecule is COc1nc(-c2cccc(-c3cccc(NC(=O)c4cn(C)c(=O)n(C)c4=O)c3Cl)c2F)cc2c1[C@H](N[C@@H]1CCOC[C@@H]1O)CC2. The topological polar surface area (TPSA) is 137 Å². The maximum Gasteiger partial charge on any atom is 0.330 e. The fraction of sp³-hybridized carbons (Fsp3) is 0.333. The number of aliphatic hydroxyl groups is 1. The number of pyridine rings is 1. The highest BCUT2D eigenvalue weighted by Gasteiger charge is 2.33. The van der Waals surface area contributed by atoms with Crippen LogP contribution in [0, 0.1) is 5.82 Å². The van der Waals surface area contributed by atoms with Gasteiger partial charge in [-0.2, -0.15) is 0 Å². The number of aliphatic hydroxyl groups excluding tert-OH is 1. The van der Waals surface area contributed by atoms with E-state index in [1.54, 1.807) is 30.3 Å². The Labute approximate surface area is 268 Å². The summed E-state index contributed by atoms with van der Waals surface area (Å²) in [5.74, 6) is -0.938. The molecule has 2 aromatic carbocycles. The summed E-state index contributed by atoms with van der Waals surface area (Å²) in [7, 11) is 4.24. The highest BCUT2D eigenvalue weighted by molar-refractivity contribution is 6.36. The molecule has 11 nitrogen and oxygen atoms in total. The fourth-order valence-corrected chi connectivity index (χ4v) is 6.44. The third kappa shape index (κ3) is 5.73. The lowest BCUT2D eigenvalue weighted by atomic mass is 9.98. The predicted molar refractivity (Wildman–Crippen MR) is 171 cm³/mol. The molecule has 13 heteroatoms. The van der Waals surface area contributed by atoms with E-state index in [2.05, 4.69) is 10.6 Å². The molecule has 1 fully saturated rings. The first-order valence-electron chi connectivity index (χ1n) is 14.8. The number of fused-ring (bicyclic) bond motifs is 1. The highest BCUT2D eigenvalue weighted by atomic mass is 35.5. The summed E-state index contributed by atoms with van der Waals surface area (Å²) in [5.41, 5.74) is 1.62. The average molecular weight is 650 g/mol. The minimum atomic E-state index is -0.766. The van der Waals surface area contributed by atoms with Gasteiger partial charge < -0.3 is 29.8 Å². The number of methoxy groups -OCH3 is 1. The summed E-state index contributed by atoms with van der Waals surface area (Å²) in [4.78, 5) is 42.4. The van der Waals surface area contributed by atoms with E-state index in [0.717, 1.165) is 39.3 Å². The van der Waals surface area contributed by atoms with Crippen molar-refractivity contribution in [2.45, 2.75) is 37.5 Å². The van der Waals surface area contributed by atoms with Crippen molar-refractivity contribution in [1.29, 1.82) is 0 Å². The van der Waals surface area contributed by atoms with Crippen molar-refractivity contribution < 1.29 is 23.8 Å². The van der Waals surface area contributed by atoms with Gasteiger partial charge in [0.05, 0.1) is 36.2 Å². The number of anilines is 1. The summed E-state index contributed by atoms with van der Waals surface area (Å²) in [6.45, 7) is 0.863. The zero-order valence-electron chi connectivity index (χ0n) is 25.5. The molecule has 3 N–H and O–H groups in total. The summed E-state index contributed by atoms with van der Waals surface area (Å²) in [5, 5.41) is 16.6. The van der Waals surface area contributed by atoms with Crippen molar-refractivity contribution in [1.82, 2.24) is 19.4 Å². The summed E-state index contributed by atoms with van der Waals surface area (Å²) in [6.07, 6.45) is 2.75. The van der Waals surface area contributed by atoms with Gasteiger partial charge in [-0.05, 0) is 43.0 Å². The largest absolute Gasteiger partial charge is 0.481 e. The van der Waals surface area contributed by atoms with Crippen LogP contribution in [0.15, 0.2) is 58.3 Å². The number of aryl methyl sites for hydroxylation is 2. The van der Waals surface area contributed by atoms with E-state index < -0.39 is 29.1 Å². The maximum atomic E-state index is 16.3. The zero-order chi connectivity index (χ0) is 32.7. The van der Waals surface area contributed by atoms with Crippen LogP contribution in [0.25, 0.3) is 22.4 Å². The molecule has 1 saturated heterocycles. The Morgan fingerprint density at radius 2 is 1.87 bits per heavy atom. The van der Waals surface area contributed by atoms with E-state index in [9.17, 15) is 19.5 Å². The monoisotopic (exact) mass is 649 g/mol. The van der Waals surface area contributed by atoms with Crippen LogP contribution in [0.5, 0.6) is 5.88 Å². The number of rotatable bonds is 7. The quantitative estimate of drug-likeness (QED) is 0.276. The van der Waals surface area contributed by atoms with Crippen LogP contribution in [0.2, 0.25) is 5.02 Å². The van der Waals surface area contributed by atoms with Gasteiger partial charge in [-0.3, -0.25) is 14.2 Å². The van der Waals surface area contributed by atoms with E-state index in [0.29, 0.717) is 30.2 Å². The van der Waals surface area contributed by atoms with Crippen LogP contribution >= 0.6 is 11.6 Å². The molecule has 1 amide bonds. The van der Waals surface area contributed by atoms with E-state index in [1.807, 2.05) is 6.07 Å². The molecule has 2 aliphatic rings. The van der Waals surface area contributed by atoms with Crippen LogP contribution in [0.1, 0.15) is 40.4 Å². The molecule has 3 heterocycles. The molecule has 0 radical (unpaired) electrons. The molecule has 0 spiro atoms. The van der Waals surface area contributed by atoms with Crippen molar-refractivity contribution in [2.75, 3.05) is 25.6 Å². The van der Waals surface area contributed by atoms with Crippen molar-refractivity contribution in [3.05, 3.63) is 97.0 Å². The molecule has 240 valence electrons. The number of halogens is 2. The van der Waals surface area contributed by atoms with Crippen LogP contribution in [-0.4, -0.2) is 57.6 Å². The number of nitrogens with one attached hydrogen (secondary N) is 2. The third-order valence-corrected chi connectivity index (χ3v) is 9.01. The van der Waals surface area contributed by atoms with E-state index in [4.69, 9.17) is 26.1 Å². The van der Waals surface area contributed by atoms with E-state index >= 15 is 4.39 Å². The van der Waals surface area contributed by atoms with Gasteiger partial charge in [-0.25, -0.2) is 14.2 Å². The second kappa shape index (κ2) is 12.8. The smallest absolute Gasteiger partial charge is 0.330 e. The number of carbonyl (C=O) groups is 1. The fourth-order valence-electron chi connectivity index (χ4n) is 6.17. The van der Waals surface area contributed by atoms with E-state index in [-0.39, 0.29) is 46.1 Å². The van der Waals surface area contributed by atoms with Crippen molar-refractivity contribution in [3.63, 3.8) is 0 Å². The number of benzene rings is 2. The number of carbonyl (C=O) groups excluding carboxylic acids is 1. The molecule has 0 unspecified atom stereocenters. The van der Waals surface area contributed by atoms with Gasteiger partial charge in [0.25, 0.3) is 11.5 Å². The van der Waals surface area contributed by atoms with Crippen LogP contribution in [-0.2, 0) is 25.3 Å². The lowest BCUT2D eigenvalue weighted by molar-refractivity contribution is -0.0304. The molecule has 4 aromatic rings. The van der Waals surface area contributed by atoms with Gasteiger partial charge in [0.15, 0.2) is 0 Å². The molecular formula is C33H33ClFN5O6. The third-order valence-electron chi connectivity index (χ3n) is 8.60. The number of aromatic nitrogens is 3. The predicted octanol–water partition coefficient (Wildman–Crippen LogP) is 3.59. The Morgan fingerprint density at radius 3 is 2.63 bits per heavy atom. The molecule has 1 aliphatic carbocycles. The van der Waals surface area contributed by atoms with Crippen molar-refractivity contribution in [3.8, 4) is 28.3 Å². The average Bonchev–Trinajstić information content (AvgIpc) is 3.46. The van der Waals surface area contributed by atoms with Crippen molar-refractivity contribution in [2.24, 2.45) is 14.1 Å². The number of hydrogen-bond acceptors (Lipinski definition) is 8. The molecule has 2 aromatic heterocycles. The maximum absolute atomic E-state index is 16.3. The molecule has 3 atom stereocenters. The van der Waals surface area contributed by atoms with Gasteiger partial charge in [0, 0.05) is 61.2 Å². The Bertz CT molecular complexity index is 1960. The van der Waals surface area contributed by atoms with Gasteiger partial charge in [-0.1, -0.05) is 35.9 Å². The first-order valence-corrected chi connectivity index (χ1v) is 15.2. The second-order valence-electron chi connectivity index (χ2n) is 11.5. The zero-order valence-corrected chi connectivity index (χ0v) is 26.2. The summed E-state index contributed by atoms with van der Waals surface area (Å²) < 4.78 is 29.3. The number of nitrogens with zero attached hydrogens (tertiary/aromatic N) is 3. The second-order valence-corrected chi connectivity index (χ2v) is 11.9. The summed E-state index contributed by atoms with van der Waals surface area (Å²) in [6, 6.07) is 11.4. The van der Waals surface area contributed by atoms with Gasteiger partial charge in [0.2, 0.25) is 5.88 Å². The molecule has 6 rings (SSSR count). The van der Waals surface area contributed by atoms with Crippen LogP contribution in [0.4, 0.5) is 10.1 Å². The molecule has 1 aliphatic heterocycles. The van der Waals surface area contributed by atoms with Gasteiger partial charge in [0.1, 0.15) is 11.4 Å². The number of hydrogen-bond donors (Lipinski definition) is 3. The Morgan fingerprint density at radius 1 is 1.13 bits per heavy atom. The van der Waals surface area contributed by atoms with Crippen molar-refractivity contribution >= 4 is 23.2 Å². The highest BCUT2D eigenvalue weighted by Crippen LogP contribution is 2.42. The normalized spacial score (nSPS) is 19.1. The Kier molecular flexibility index (Phi) is 8.80. The number of amides is 1. The first-order chi connectivity index (χ1) is 22.1. The van der Waals surface area contributed by atoms with Crippen LogP contribution < -0.4 is 26.6 Å². The minimum absolute atomic E-state index is 0.0669.